The van der Waals surface area contributed by atoms with Crippen molar-refractivity contribution in [3.63, 3.8) is 0 Å². The lowest BCUT2D eigenvalue weighted by molar-refractivity contribution is 0.624. The van der Waals surface area contributed by atoms with Gasteiger partial charge in [-0.1, -0.05) is 0 Å². The van der Waals surface area contributed by atoms with Crippen LogP contribution in [0.2, 0.25) is 0 Å². The molecule has 0 amide bonds. The summed E-state index contributed by atoms with van der Waals surface area (Å²) in [6.07, 6.45) is 5.85. The summed E-state index contributed by atoms with van der Waals surface area (Å²) in [6.45, 7) is 0. The van der Waals surface area contributed by atoms with Gasteiger partial charge in [-0.25, -0.2) is 23.9 Å². The maximum atomic E-state index is 13.3. The average molecular weight is 255 g/mol. The summed E-state index contributed by atoms with van der Waals surface area (Å²) >= 11 is 0. The quantitative estimate of drug-likeness (QED) is 0.563. The van der Waals surface area contributed by atoms with E-state index in [9.17, 15) is 4.39 Å². The highest BCUT2D eigenvalue weighted by atomic mass is 19.1. The zero-order valence-electron chi connectivity index (χ0n) is 10.5. The van der Waals surface area contributed by atoms with Crippen molar-refractivity contribution in [3.8, 4) is 11.4 Å². The molecule has 0 aliphatic carbocycles. The molecule has 19 heavy (non-hydrogen) atoms. The Morgan fingerprint density at radius 3 is 3.21 bits per heavy atom. The lowest BCUT2D eigenvalue weighted by Crippen LogP contribution is -1.95. The van der Waals surface area contributed by atoms with E-state index in [1.54, 1.807) is 6.20 Å². The molecule has 0 atom stereocenters. The molecule has 4 rings (SSSR count). The second kappa shape index (κ2) is 3.58. The molecule has 4 aromatic rings. The van der Waals surface area contributed by atoms with Gasteiger partial charge >= 0.3 is 0 Å². The molecule has 0 saturated carbocycles. The Kier molecular flexibility index (Phi) is 1.72. The van der Waals surface area contributed by atoms with Crippen molar-refractivity contribution in [2.75, 3.05) is 0 Å². The van der Waals surface area contributed by atoms with Crippen LogP contribution in [0.1, 0.15) is 1.37 Å². The van der Waals surface area contributed by atoms with Gasteiger partial charge in [0.05, 0.1) is 19.9 Å². The number of halogens is 1. The molecule has 4 aromatic heterocycles. The number of H-pyrrole nitrogens is 1. The minimum absolute atomic E-state index is 0.0613. The highest BCUT2D eigenvalue weighted by Crippen LogP contribution is 2.25. The lowest BCUT2D eigenvalue weighted by Gasteiger charge is -1.99. The number of imidazole rings is 1. The Hall–Kier alpha value is -2.83. The molecule has 1 N–H and O–H groups in total. The Labute approximate surface area is 107 Å². The van der Waals surface area contributed by atoms with Gasteiger partial charge in [-0.2, -0.15) is 0 Å². The van der Waals surface area contributed by atoms with E-state index in [1.165, 1.54) is 23.1 Å². The van der Waals surface area contributed by atoms with E-state index in [1.807, 2.05) is 0 Å². The third kappa shape index (κ3) is 1.48. The van der Waals surface area contributed by atoms with Gasteiger partial charge in [-0.15, -0.1) is 5.10 Å². The van der Waals surface area contributed by atoms with E-state index in [-0.39, 0.29) is 6.17 Å². The van der Waals surface area contributed by atoms with Gasteiger partial charge in [0.15, 0.2) is 5.82 Å². The first kappa shape index (κ1) is 9.15. The van der Waals surface area contributed by atoms with Crippen LogP contribution in [0.25, 0.3) is 27.9 Å². The summed E-state index contributed by atoms with van der Waals surface area (Å²) in [5.41, 5.74) is 1.65. The highest BCUT2D eigenvalue weighted by molar-refractivity contribution is 5.91. The van der Waals surface area contributed by atoms with Gasteiger partial charge < -0.3 is 4.98 Å². The first-order chi connectivity index (χ1) is 9.72. The second-order valence-corrected chi connectivity index (χ2v) is 4.02. The monoisotopic (exact) mass is 255 g/mol. The van der Waals surface area contributed by atoms with Crippen molar-refractivity contribution in [1.82, 2.24) is 29.5 Å². The predicted octanol–water partition coefficient (Wildman–Crippen LogP) is 1.81. The van der Waals surface area contributed by atoms with Gasteiger partial charge in [0.25, 0.3) is 0 Å². The van der Waals surface area contributed by atoms with E-state index in [0.29, 0.717) is 27.9 Å². The van der Waals surface area contributed by atoms with Crippen molar-refractivity contribution >= 4 is 16.6 Å². The van der Waals surface area contributed by atoms with Gasteiger partial charge in [-0.05, 0) is 6.07 Å². The number of hydrogen-bond donors (Lipinski definition) is 1. The van der Waals surface area contributed by atoms with E-state index < -0.39 is 5.82 Å². The van der Waals surface area contributed by atoms with Crippen molar-refractivity contribution in [2.45, 2.75) is 0 Å². The molecule has 0 aliphatic heterocycles. The maximum Gasteiger partial charge on any atom is 0.182 e. The van der Waals surface area contributed by atoms with Crippen LogP contribution in [0.5, 0.6) is 0 Å². The highest BCUT2D eigenvalue weighted by Gasteiger charge is 2.11. The second-order valence-electron chi connectivity index (χ2n) is 4.02. The molecule has 0 unspecified atom stereocenters. The molecule has 92 valence electrons. The van der Waals surface area contributed by atoms with Crippen molar-refractivity contribution in [3.05, 3.63) is 43.0 Å². The predicted molar refractivity (Wildman–Crippen MR) is 65.8 cm³/mol. The third-order valence-electron chi connectivity index (χ3n) is 2.84. The number of pyridine rings is 1. The van der Waals surface area contributed by atoms with Gasteiger partial charge in [-0.3, -0.25) is 0 Å². The largest absolute Gasteiger partial charge is 0.345 e. The van der Waals surface area contributed by atoms with Crippen molar-refractivity contribution < 1.29 is 5.76 Å². The van der Waals surface area contributed by atoms with Crippen LogP contribution in [0.3, 0.4) is 0 Å². The Balaban J connectivity index is 2.03. The fourth-order valence-electron chi connectivity index (χ4n) is 1.96. The van der Waals surface area contributed by atoms with Gasteiger partial charge in [0.2, 0.25) is 0 Å². The van der Waals surface area contributed by atoms with E-state index >= 15 is 0 Å². The Bertz CT molecular complexity index is 944. The first-order valence-corrected chi connectivity index (χ1v) is 5.52. The summed E-state index contributed by atoms with van der Waals surface area (Å²) in [4.78, 5) is 14.9. The summed E-state index contributed by atoms with van der Waals surface area (Å²) in [5.74, 6) is -0.118. The van der Waals surface area contributed by atoms with Crippen LogP contribution < -0.4 is 0 Å². The molecule has 7 heteroatoms. The number of aromatic nitrogens is 6. The summed E-state index contributed by atoms with van der Waals surface area (Å²) in [5, 5.41) is 4.84. The number of nitrogens with zero attached hydrogens (tertiary/aromatic N) is 5. The fourth-order valence-corrected chi connectivity index (χ4v) is 1.96. The standard InChI is InChI=1S/C12H7FN6/c13-7-1-9-10(5-17-11(9)15-2-7)12-16-4-8-3-14-6-19(8)18-12/h1-6H,(H,15,17)/i4D. The topological polar surface area (TPSA) is 71.8 Å². The van der Waals surface area contributed by atoms with Crippen LogP contribution >= 0.6 is 0 Å². The van der Waals surface area contributed by atoms with E-state index in [2.05, 4.69) is 25.0 Å². The molecule has 0 aliphatic rings. The molecular formula is C12H7FN6. The number of hydrogen-bond acceptors (Lipinski definition) is 4. The molecule has 0 radical (unpaired) electrons. The summed E-state index contributed by atoms with van der Waals surface area (Å²) < 4.78 is 22.7. The zero-order valence-corrected chi connectivity index (χ0v) is 9.50. The number of aromatic amines is 1. The van der Waals surface area contributed by atoms with E-state index in [4.69, 9.17) is 1.37 Å². The minimum atomic E-state index is -0.437. The average Bonchev–Trinajstić information content (AvgIpc) is 3.04. The normalized spacial score (nSPS) is 12.2. The third-order valence-corrected chi connectivity index (χ3v) is 2.84. The molecule has 0 fully saturated rings. The fraction of sp³-hybridized carbons (Fsp3) is 0. The van der Waals surface area contributed by atoms with Crippen LogP contribution in [0.15, 0.2) is 37.2 Å². The lowest BCUT2D eigenvalue weighted by atomic mass is 10.2. The van der Waals surface area contributed by atoms with Crippen LogP contribution in [0.4, 0.5) is 4.39 Å². The first-order valence-electron chi connectivity index (χ1n) is 6.02. The Morgan fingerprint density at radius 1 is 1.32 bits per heavy atom. The molecule has 0 aromatic carbocycles. The zero-order chi connectivity index (χ0) is 13.7. The number of rotatable bonds is 1. The molecule has 0 spiro atoms. The van der Waals surface area contributed by atoms with Crippen LogP contribution in [-0.2, 0) is 0 Å². The van der Waals surface area contributed by atoms with Gasteiger partial charge in [0.1, 0.15) is 23.3 Å². The van der Waals surface area contributed by atoms with E-state index in [0.717, 1.165) is 6.20 Å². The molecule has 4 heterocycles. The molecule has 6 nitrogen and oxygen atoms in total. The molecule has 0 saturated heterocycles. The van der Waals surface area contributed by atoms with Crippen molar-refractivity contribution in [2.24, 2.45) is 0 Å². The summed E-state index contributed by atoms with van der Waals surface area (Å²) in [6, 6.07) is 1.36. The van der Waals surface area contributed by atoms with Crippen LogP contribution in [-0.4, -0.2) is 29.5 Å². The number of nitrogens with one attached hydrogen (secondary N) is 1. The maximum absolute atomic E-state index is 13.3. The van der Waals surface area contributed by atoms with Gasteiger partial charge in [0, 0.05) is 17.1 Å². The summed E-state index contributed by atoms with van der Waals surface area (Å²) in [7, 11) is 0. The van der Waals surface area contributed by atoms with Crippen molar-refractivity contribution in [1.29, 1.82) is 0 Å². The SMILES string of the molecule is [2H]c1nc(-c2c[nH]c3ncc(F)cc23)nn2cncc12. The van der Waals surface area contributed by atoms with Crippen LogP contribution in [0, 0.1) is 5.82 Å². The molecule has 0 bridgehead atoms. The number of fused-ring (bicyclic) bond motifs is 2. The minimum Gasteiger partial charge on any atom is -0.345 e. The Morgan fingerprint density at radius 2 is 2.26 bits per heavy atom. The molecular weight excluding hydrogens is 247 g/mol. The smallest absolute Gasteiger partial charge is 0.182 e.